The zero-order valence-electron chi connectivity index (χ0n) is 14.0. The molecule has 1 aliphatic rings. The average molecular weight is 334 g/mol. The smallest absolute Gasteiger partial charge is 0.270 e. The molecule has 4 nitrogen and oxygen atoms in total. The maximum absolute atomic E-state index is 12.8. The first-order valence-electron chi connectivity index (χ1n) is 8.26. The Balaban J connectivity index is 1.79. The number of likely N-dealkylation sites (tertiary alicyclic amines) is 1. The summed E-state index contributed by atoms with van der Waals surface area (Å²) in [4.78, 5) is 20.3. The second-order valence-electron chi connectivity index (χ2n) is 6.69. The zero-order valence-corrected chi connectivity index (χ0v) is 14.7. The van der Waals surface area contributed by atoms with Crippen molar-refractivity contribution in [1.82, 2.24) is 14.8 Å². The van der Waals surface area contributed by atoms with Crippen LogP contribution in [0.1, 0.15) is 37.2 Å². The van der Waals surface area contributed by atoms with Gasteiger partial charge in [-0.05, 0) is 45.4 Å². The van der Waals surface area contributed by atoms with Gasteiger partial charge < -0.3 is 9.88 Å². The van der Waals surface area contributed by atoms with Gasteiger partial charge in [0.2, 0.25) is 0 Å². The molecule has 3 rings (SSSR count). The molecule has 1 N–H and O–H groups in total. The van der Waals surface area contributed by atoms with Crippen LogP contribution in [-0.4, -0.2) is 52.9 Å². The van der Waals surface area contributed by atoms with E-state index in [4.69, 9.17) is 11.6 Å². The molecule has 0 bridgehead atoms. The zero-order chi connectivity index (χ0) is 16.6. The van der Waals surface area contributed by atoms with E-state index in [1.807, 2.05) is 36.2 Å². The minimum atomic E-state index is 0.0351. The number of hydrogen-bond donors (Lipinski definition) is 1. The standard InChI is InChI=1S/C18H24ClN3O/c1-12(2)22-9-5-7-14(11-22)21(3)18(23)16-10-13-6-4-8-15(19)17(13)20-16/h4,6,8,10,12,14,20H,5,7,9,11H2,1-3H3. The topological polar surface area (TPSA) is 39.3 Å². The fraction of sp³-hybridized carbons (Fsp3) is 0.500. The van der Waals surface area contributed by atoms with Crippen LogP contribution in [0.2, 0.25) is 5.02 Å². The van der Waals surface area contributed by atoms with Crippen LogP contribution in [0.25, 0.3) is 10.9 Å². The Labute approximate surface area is 142 Å². The van der Waals surface area contributed by atoms with Gasteiger partial charge >= 0.3 is 0 Å². The highest BCUT2D eigenvalue weighted by atomic mass is 35.5. The lowest BCUT2D eigenvalue weighted by molar-refractivity contribution is 0.0571. The van der Waals surface area contributed by atoms with Gasteiger partial charge in [0.15, 0.2) is 0 Å². The molecule has 1 fully saturated rings. The first-order chi connectivity index (χ1) is 11.0. The van der Waals surface area contributed by atoms with Crippen molar-refractivity contribution >= 4 is 28.4 Å². The van der Waals surface area contributed by atoms with Gasteiger partial charge in [-0.3, -0.25) is 9.69 Å². The van der Waals surface area contributed by atoms with Gasteiger partial charge in [-0.2, -0.15) is 0 Å². The normalized spacial score (nSPS) is 19.4. The lowest BCUT2D eigenvalue weighted by Gasteiger charge is -2.39. The van der Waals surface area contributed by atoms with Crippen molar-refractivity contribution in [3.8, 4) is 0 Å². The maximum Gasteiger partial charge on any atom is 0.270 e. The Morgan fingerprint density at radius 1 is 1.43 bits per heavy atom. The number of H-pyrrole nitrogens is 1. The first-order valence-corrected chi connectivity index (χ1v) is 8.63. The Bertz CT molecular complexity index is 709. The van der Waals surface area contributed by atoms with Gasteiger partial charge in [-0.1, -0.05) is 23.7 Å². The molecule has 5 heteroatoms. The number of fused-ring (bicyclic) bond motifs is 1. The molecule has 1 saturated heterocycles. The van der Waals surface area contributed by atoms with Crippen molar-refractivity contribution in [2.45, 2.75) is 38.8 Å². The van der Waals surface area contributed by atoms with Crippen LogP contribution >= 0.6 is 11.6 Å². The molecule has 1 atom stereocenters. The molecule has 2 heterocycles. The largest absolute Gasteiger partial charge is 0.349 e. The fourth-order valence-electron chi connectivity index (χ4n) is 3.36. The SMILES string of the molecule is CC(C)N1CCCC(N(C)C(=O)c2cc3cccc(Cl)c3[nH]2)C1. The number of aromatic nitrogens is 1. The summed E-state index contributed by atoms with van der Waals surface area (Å²) in [5.74, 6) is 0.0351. The van der Waals surface area contributed by atoms with E-state index in [1.54, 1.807) is 0 Å². The third-order valence-corrected chi connectivity index (χ3v) is 5.18. The third-order valence-electron chi connectivity index (χ3n) is 4.86. The molecule has 0 saturated carbocycles. The van der Waals surface area contributed by atoms with E-state index in [-0.39, 0.29) is 11.9 Å². The van der Waals surface area contributed by atoms with Crippen LogP contribution < -0.4 is 0 Å². The number of nitrogens with zero attached hydrogens (tertiary/aromatic N) is 2. The number of likely N-dealkylation sites (N-methyl/N-ethyl adjacent to an activating group) is 1. The number of carbonyl (C=O) groups is 1. The fourth-order valence-corrected chi connectivity index (χ4v) is 3.59. The number of amides is 1. The van der Waals surface area contributed by atoms with Gasteiger partial charge in [-0.15, -0.1) is 0 Å². The predicted octanol–water partition coefficient (Wildman–Crippen LogP) is 3.77. The number of aromatic amines is 1. The van der Waals surface area contributed by atoms with Crippen molar-refractivity contribution in [1.29, 1.82) is 0 Å². The minimum absolute atomic E-state index is 0.0351. The van der Waals surface area contributed by atoms with Crippen molar-refractivity contribution < 1.29 is 4.79 Å². The van der Waals surface area contributed by atoms with E-state index in [9.17, 15) is 4.79 Å². The molecular weight excluding hydrogens is 310 g/mol. The molecule has 1 amide bonds. The molecule has 0 spiro atoms. The maximum atomic E-state index is 12.8. The monoisotopic (exact) mass is 333 g/mol. The Morgan fingerprint density at radius 2 is 2.22 bits per heavy atom. The number of nitrogens with one attached hydrogen (secondary N) is 1. The number of para-hydroxylation sites is 1. The summed E-state index contributed by atoms with van der Waals surface area (Å²) in [6.45, 7) is 6.49. The lowest BCUT2D eigenvalue weighted by Crippen LogP contribution is -2.50. The van der Waals surface area contributed by atoms with E-state index in [1.165, 1.54) is 0 Å². The van der Waals surface area contributed by atoms with Crippen LogP contribution in [0.4, 0.5) is 0 Å². The Kier molecular flexibility index (Phi) is 4.64. The Morgan fingerprint density at radius 3 is 2.91 bits per heavy atom. The summed E-state index contributed by atoms with van der Waals surface area (Å²) in [5.41, 5.74) is 1.44. The van der Waals surface area contributed by atoms with E-state index in [0.717, 1.165) is 36.8 Å². The van der Waals surface area contributed by atoms with Crippen LogP contribution in [0.5, 0.6) is 0 Å². The number of hydrogen-bond acceptors (Lipinski definition) is 2. The van der Waals surface area contributed by atoms with Gasteiger partial charge in [-0.25, -0.2) is 0 Å². The molecule has 0 radical (unpaired) electrons. The number of piperidine rings is 1. The van der Waals surface area contributed by atoms with E-state index >= 15 is 0 Å². The summed E-state index contributed by atoms with van der Waals surface area (Å²) in [6, 6.07) is 8.38. The molecule has 0 aliphatic carbocycles. The molecule has 1 aliphatic heterocycles. The van der Waals surface area contributed by atoms with Crippen LogP contribution in [0, 0.1) is 0 Å². The number of benzene rings is 1. The minimum Gasteiger partial charge on any atom is -0.349 e. The summed E-state index contributed by atoms with van der Waals surface area (Å²) < 4.78 is 0. The molecule has 2 aromatic rings. The summed E-state index contributed by atoms with van der Waals surface area (Å²) in [7, 11) is 1.91. The van der Waals surface area contributed by atoms with E-state index in [2.05, 4.69) is 23.7 Å². The van der Waals surface area contributed by atoms with Gasteiger partial charge in [0.25, 0.3) is 5.91 Å². The highest BCUT2D eigenvalue weighted by molar-refractivity contribution is 6.35. The van der Waals surface area contributed by atoms with Crippen molar-refractivity contribution in [2.75, 3.05) is 20.1 Å². The van der Waals surface area contributed by atoms with E-state index < -0.39 is 0 Å². The van der Waals surface area contributed by atoms with Crippen LogP contribution in [-0.2, 0) is 0 Å². The number of carbonyl (C=O) groups excluding carboxylic acids is 1. The third kappa shape index (κ3) is 3.24. The summed E-state index contributed by atoms with van der Waals surface area (Å²) in [6.07, 6.45) is 2.20. The highest BCUT2D eigenvalue weighted by Crippen LogP contribution is 2.25. The van der Waals surface area contributed by atoms with Crippen LogP contribution in [0.3, 0.4) is 0 Å². The molecule has 124 valence electrons. The molecular formula is C18H24ClN3O. The van der Waals surface area contributed by atoms with Crippen molar-refractivity contribution in [3.63, 3.8) is 0 Å². The summed E-state index contributed by atoms with van der Waals surface area (Å²) >= 11 is 6.19. The average Bonchev–Trinajstić information content (AvgIpc) is 2.99. The second kappa shape index (κ2) is 6.54. The molecule has 1 aromatic heterocycles. The van der Waals surface area contributed by atoms with E-state index in [0.29, 0.717) is 16.8 Å². The summed E-state index contributed by atoms with van der Waals surface area (Å²) in [5, 5.41) is 1.62. The predicted molar refractivity (Wildman–Crippen MR) is 95.1 cm³/mol. The quantitative estimate of drug-likeness (QED) is 0.928. The van der Waals surface area contributed by atoms with Crippen molar-refractivity contribution in [2.24, 2.45) is 0 Å². The number of rotatable bonds is 3. The lowest BCUT2D eigenvalue weighted by atomic mass is 10.0. The number of halogens is 1. The van der Waals surface area contributed by atoms with Crippen molar-refractivity contribution in [3.05, 3.63) is 35.0 Å². The van der Waals surface area contributed by atoms with Gasteiger partial charge in [0.1, 0.15) is 5.69 Å². The molecule has 1 unspecified atom stereocenters. The van der Waals surface area contributed by atoms with Gasteiger partial charge in [0, 0.05) is 31.1 Å². The molecule has 1 aromatic carbocycles. The van der Waals surface area contributed by atoms with Crippen LogP contribution in [0.15, 0.2) is 24.3 Å². The van der Waals surface area contributed by atoms with Gasteiger partial charge in [0.05, 0.1) is 10.5 Å². The first kappa shape index (κ1) is 16.3. The molecule has 23 heavy (non-hydrogen) atoms. The Hall–Kier alpha value is -1.52. The highest BCUT2D eigenvalue weighted by Gasteiger charge is 2.28. The second-order valence-corrected chi connectivity index (χ2v) is 7.10.